The van der Waals surface area contributed by atoms with Crippen LogP contribution in [0.1, 0.15) is 22.8 Å². The molecular weight excluding hydrogens is 292 g/mol. The monoisotopic (exact) mass is 314 g/mol. The molecule has 0 heterocycles. The Balaban J connectivity index is 1.86. The lowest BCUT2D eigenvalue weighted by Gasteiger charge is -2.14. The highest BCUT2D eigenvalue weighted by atomic mass is 16.5. The molecule has 0 aromatic heterocycles. The van der Waals surface area contributed by atoms with E-state index in [2.05, 4.69) is 10.6 Å². The zero-order chi connectivity index (χ0) is 16.8. The van der Waals surface area contributed by atoms with Crippen molar-refractivity contribution in [2.24, 2.45) is 0 Å². The van der Waals surface area contributed by atoms with Crippen LogP contribution in [-0.4, -0.2) is 24.8 Å². The summed E-state index contributed by atoms with van der Waals surface area (Å²) < 4.78 is 5.07. The first kappa shape index (κ1) is 16.8. The predicted molar refractivity (Wildman–Crippen MR) is 90.9 cm³/mol. The summed E-state index contributed by atoms with van der Waals surface area (Å²) in [6.07, 6.45) is -0.772. The molecule has 3 N–H and O–H groups in total. The van der Waals surface area contributed by atoms with Crippen molar-refractivity contribution in [3.8, 4) is 5.75 Å². The van der Waals surface area contributed by atoms with Crippen LogP contribution in [0.4, 0.5) is 10.5 Å². The Morgan fingerprint density at radius 1 is 1.13 bits per heavy atom. The minimum atomic E-state index is -0.772. The third-order valence-corrected chi connectivity index (χ3v) is 3.72. The molecule has 5 heteroatoms. The number of amides is 2. The van der Waals surface area contributed by atoms with Crippen molar-refractivity contribution in [2.75, 3.05) is 19.0 Å². The van der Waals surface area contributed by atoms with E-state index < -0.39 is 6.10 Å². The number of aliphatic hydroxyl groups is 1. The van der Waals surface area contributed by atoms with Crippen LogP contribution in [0.3, 0.4) is 0 Å². The van der Waals surface area contributed by atoms with Gasteiger partial charge in [-0.3, -0.25) is 0 Å². The first-order valence-corrected chi connectivity index (χ1v) is 7.43. The number of benzene rings is 2. The fourth-order valence-corrected chi connectivity index (χ4v) is 2.13. The quantitative estimate of drug-likeness (QED) is 0.794. The third-order valence-electron chi connectivity index (χ3n) is 3.72. The summed E-state index contributed by atoms with van der Waals surface area (Å²) in [6, 6.07) is 12.5. The Kier molecular flexibility index (Phi) is 5.60. The lowest BCUT2D eigenvalue weighted by molar-refractivity contribution is 0.175. The van der Waals surface area contributed by atoms with Crippen LogP contribution < -0.4 is 15.4 Å². The first-order chi connectivity index (χ1) is 11.0. The van der Waals surface area contributed by atoms with Crippen molar-refractivity contribution >= 4 is 11.7 Å². The summed E-state index contributed by atoms with van der Waals surface area (Å²) in [6.45, 7) is 4.14. The molecule has 0 aliphatic carbocycles. The highest BCUT2D eigenvalue weighted by Crippen LogP contribution is 2.17. The van der Waals surface area contributed by atoms with Crippen molar-refractivity contribution in [3.63, 3.8) is 0 Å². The summed E-state index contributed by atoms with van der Waals surface area (Å²) in [5, 5.41) is 15.5. The normalized spacial score (nSPS) is 11.7. The molecule has 0 radical (unpaired) electrons. The van der Waals surface area contributed by atoms with Crippen molar-refractivity contribution in [3.05, 3.63) is 59.2 Å². The fraction of sp³-hybridized carbons (Fsp3) is 0.278. The van der Waals surface area contributed by atoms with Crippen LogP contribution >= 0.6 is 0 Å². The summed E-state index contributed by atoms with van der Waals surface area (Å²) in [4.78, 5) is 11.9. The number of ether oxygens (including phenoxy) is 1. The Morgan fingerprint density at radius 3 is 2.43 bits per heavy atom. The molecule has 0 aliphatic heterocycles. The van der Waals surface area contributed by atoms with E-state index >= 15 is 0 Å². The summed E-state index contributed by atoms with van der Waals surface area (Å²) in [7, 11) is 1.59. The molecule has 122 valence electrons. The van der Waals surface area contributed by atoms with E-state index in [9.17, 15) is 9.90 Å². The third kappa shape index (κ3) is 4.72. The highest BCUT2D eigenvalue weighted by Gasteiger charge is 2.10. The lowest BCUT2D eigenvalue weighted by Crippen LogP contribution is -2.32. The number of methoxy groups -OCH3 is 1. The van der Waals surface area contributed by atoms with Crippen LogP contribution in [-0.2, 0) is 0 Å². The van der Waals surface area contributed by atoms with Gasteiger partial charge in [-0.15, -0.1) is 0 Å². The molecule has 2 aromatic rings. The van der Waals surface area contributed by atoms with E-state index in [1.165, 1.54) is 5.56 Å². The summed E-state index contributed by atoms with van der Waals surface area (Å²) in [5.74, 6) is 0.724. The summed E-state index contributed by atoms with van der Waals surface area (Å²) >= 11 is 0. The maximum atomic E-state index is 11.9. The van der Waals surface area contributed by atoms with Gasteiger partial charge in [0, 0.05) is 12.2 Å². The molecule has 0 saturated carbocycles. The molecule has 0 saturated heterocycles. The molecule has 5 nitrogen and oxygen atoms in total. The van der Waals surface area contributed by atoms with Gasteiger partial charge >= 0.3 is 6.03 Å². The average Bonchev–Trinajstić information content (AvgIpc) is 2.56. The van der Waals surface area contributed by atoms with Crippen molar-refractivity contribution in [2.45, 2.75) is 20.0 Å². The number of rotatable bonds is 5. The van der Waals surface area contributed by atoms with Gasteiger partial charge in [0.1, 0.15) is 5.75 Å². The fourth-order valence-electron chi connectivity index (χ4n) is 2.13. The van der Waals surface area contributed by atoms with E-state index in [4.69, 9.17) is 4.74 Å². The van der Waals surface area contributed by atoms with Crippen LogP contribution in [0.2, 0.25) is 0 Å². The number of urea groups is 1. The Morgan fingerprint density at radius 2 is 1.83 bits per heavy atom. The molecule has 0 fully saturated rings. The maximum absolute atomic E-state index is 11.9. The van der Waals surface area contributed by atoms with E-state index in [1.54, 1.807) is 31.4 Å². The van der Waals surface area contributed by atoms with E-state index in [0.717, 1.165) is 22.6 Å². The molecule has 0 bridgehead atoms. The van der Waals surface area contributed by atoms with Crippen LogP contribution in [0, 0.1) is 13.8 Å². The Hall–Kier alpha value is -2.53. The highest BCUT2D eigenvalue weighted by molar-refractivity contribution is 5.89. The van der Waals surface area contributed by atoms with Crippen LogP contribution in [0.25, 0.3) is 0 Å². The maximum Gasteiger partial charge on any atom is 0.319 e. The standard InChI is InChI=1S/C18H22N2O3/c1-12-4-7-15(10-13(12)2)20-18(22)19-11-17(21)14-5-8-16(23-3)9-6-14/h4-10,17,21H,11H2,1-3H3,(H2,19,20,22). The van der Waals surface area contributed by atoms with Gasteiger partial charge in [0.2, 0.25) is 0 Å². The summed E-state index contributed by atoms with van der Waals surface area (Å²) in [5.41, 5.74) is 3.73. The molecule has 2 amide bonds. The van der Waals surface area contributed by atoms with Crippen molar-refractivity contribution in [1.29, 1.82) is 0 Å². The molecular formula is C18H22N2O3. The van der Waals surface area contributed by atoms with Gasteiger partial charge in [-0.05, 0) is 54.8 Å². The number of carbonyl (C=O) groups is 1. The second-order valence-corrected chi connectivity index (χ2v) is 5.42. The molecule has 2 aromatic carbocycles. The largest absolute Gasteiger partial charge is 0.497 e. The van der Waals surface area contributed by atoms with Gasteiger partial charge in [-0.2, -0.15) is 0 Å². The number of nitrogens with one attached hydrogen (secondary N) is 2. The van der Waals surface area contributed by atoms with Gasteiger partial charge in [0.05, 0.1) is 13.2 Å². The van der Waals surface area contributed by atoms with Gasteiger partial charge in [-0.1, -0.05) is 18.2 Å². The lowest BCUT2D eigenvalue weighted by atomic mass is 10.1. The molecule has 0 aliphatic rings. The average molecular weight is 314 g/mol. The molecule has 0 spiro atoms. The van der Waals surface area contributed by atoms with Crippen molar-refractivity contribution in [1.82, 2.24) is 5.32 Å². The first-order valence-electron chi connectivity index (χ1n) is 7.43. The number of aryl methyl sites for hydroxylation is 2. The molecule has 1 unspecified atom stereocenters. The van der Waals surface area contributed by atoms with E-state index in [1.807, 2.05) is 32.0 Å². The molecule has 2 rings (SSSR count). The van der Waals surface area contributed by atoms with Crippen LogP contribution in [0.15, 0.2) is 42.5 Å². The Labute approximate surface area is 136 Å². The van der Waals surface area contributed by atoms with Crippen LogP contribution in [0.5, 0.6) is 5.75 Å². The second kappa shape index (κ2) is 7.65. The van der Waals surface area contributed by atoms with Gasteiger partial charge in [0.25, 0.3) is 0 Å². The van der Waals surface area contributed by atoms with E-state index in [0.29, 0.717) is 0 Å². The number of aliphatic hydroxyl groups excluding tert-OH is 1. The SMILES string of the molecule is COc1ccc(C(O)CNC(=O)Nc2ccc(C)c(C)c2)cc1. The minimum absolute atomic E-state index is 0.128. The number of anilines is 1. The number of carbonyl (C=O) groups excluding carboxylic acids is 1. The smallest absolute Gasteiger partial charge is 0.319 e. The van der Waals surface area contributed by atoms with Crippen molar-refractivity contribution < 1.29 is 14.6 Å². The molecule has 23 heavy (non-hydrogen) atoms. The predicted octanol–water partition coefficient (Wildman–Crippen LogP) is 3.17. The van der Waals surface area contributed by atoms with Gasteiger partial charge in [-0.25, -0.2) is 4.79 Å². The molecule has 1 atom stereocenters. The topological polar surface area (TPSA) is 70.6 Å². The Bertz CT molecular complexity index is 668. The number of hydrogen-bond acceptors (Lipinski definition) is 3. The zero-order valence-corrected chi connectivity index (χ0v) is 13.6. The van der Waals surface area contributed by atoms with Gasteiger partial charge in [0.15, 0.2) is 0 Å². The minimum Gasteiger partial charge on any atom is -0.497 e. The second-order valence-electron chi connectivity index (χ2n) is 5.42. The zero-order valence-electron chi connectivity index (χ0n) is 13.6. The van der Waals surface area contributed by atoms with Gasteiger partial charge < -0.3 is 20.5 Å². The number of hydrogen-bond donors (Lipinski definition) is 3. The van der Waals surface area contributed by atoms with E-state index in [-0.39, 0.29) is 12.6 Å².